The van der Waals surface area contributed by atoms with Crippen molar-refractivity contribution < 1.29 is 50.0 Å². The number of carbonyl (C=O) groups is 1. The number of nitrogens with zero attached hydrogens (tertiary/aromatic N) is 1. The summed E-state index contributed by atoms with van der Waals surface area (Å²) in [4.78, 5) is 14.8. The normalized spacial score (nSPS) is 9.80. The van der Waals surface area contributed by atoms with Crippen molar-refractivity contribution in [2.45, 2.75) is 13.3 Å². The molecule has 5 nitrogen and oxygen atoms in total. The smallest absolute Gasteiger partial charge is 1.00 e. The average Bonchev–Trinajstić information content (AvgIpc) is 2.95. The summed E-state index contributed by atoms with van der Waals surface area (Å²) in [6, 6.07) is 9.78. The SMILES string of the molecule is Cc1oc(-c2ccccc2)nc1CCOCC#CCSCC(=O)O.[H-].[Na+]. The number of oxazole rings is 1. The van der Waals surface area contributed by atoms with Gasteiger partial charge in [0.25, 0.3) is 0 Å². The second-order valence-electron chi connectivity index (χ2n) is 4.93. The van der Waals surface area contributed by atoms with Crippen molar-refractivity contribution in [3.05, 3.63) is 41.8 Å². The van der Waals surface area contributed by atoms with Crippen LogP contribution >= 0.6 is 11.8 Å². The zero-order valence-corrected chi connectivity index (χ0v) is 17.3. The number of rotatable bonds is 8. The van der Waals surface area contributed by atoms with Gasteiger partial charge in [0.2, 0.25) is 5.89 Å². The quantitative estimate of drug-likeness (QED) is 0.406. The van der Waals surface area contributed by atoms with E-state index in [-0.39, 0.29) is 36.7 Å². The molecule has 0 aliphatic heterocycles. The van der Waals surface area contributed by atoms with Crippen LogP contribution in [0.4, 0.5) is 0 Å². The summed E-state index contributed by atoms with van der Waals surface area (Å²) in [5.74, 6) is 6.90. The number of ether oxygens (including phenoxy) is 1. The van der Waals surface area contributed by atoms with E-state index in [1.165, 1.54) is 11.8 Å². The molecule has 2 rings (SSSR count). The third kappa shape index (κ3) is 8.13. The van der Waals surface area contributed by atoms with Crippen LogP contribution in [-0.2, 0) is 16.0 Å². The topological polar surface area (TPSA) is 72.6 Å². The number of thioether (sulfide) groups is 1. The molecule has 1 heterocycles. The molecular weight excluding hydrogens is 349 g/mol. The van der Waals surface area contributed by atoms with Crippen molar-refractivity contribution in [2.75, 3.05) is 24.7 Å². The standard InChI is InChI=1S/C18H19NO4S.Na.H/c1-14-16(19-18(23-14)15-7-3-2-4-8-15)9-11-22-10-5-6-12-24-13-17(20)21;;/h2-4,7-8H,9-13H2,1H3,(H,20,21);;/q;+1;-1. The van der Waals surface area contributed by atoms with Gasteiger partial charge in [-0.15, -0.1) is 11.8 Å². The number of aromatic nitrogens is 1. The number of benzene rings is 1. The summed E-state index contributed by atoms with van der Waals surface area (Å²) in [6.07, 6.45) is 0.664. The van der Waals surface area contributed by atoms with Crippen LogP contribution in [0.25, 0.3) is 11.5 Å². The van der Waals surface area contributed by atoms with E-state index in [1.54, 1.807) is 0 Å². The fourth-order valence-electron chi connectivity index (χ4n) is 1.95. The number of aliphatic carboxylic acids is 1. The van der Waals surface area contributed by atoms with E-state index in [4.69, 9.17) is 14.3 Å². The molecule has 0 atom stereocenters. The van der Waals surface area contributed by atoms with Crippen molar-refractivity contribution in [1.29, 1.82) is 0 Å². The number of carboxylic acid groups (broad SMARTS) is 1. The Bertz CT molecular complexity index is 728. The Morgan fingerprint density at radius 1 is 1.36 bits per heavy atom. The van der Waals surface area contributed by atoms with Crippen molar-refractivity contribution in [1.82, 2.24) is 4.98 Å². The molecule has 0 amide bonds. The van der Waals surface area contributed by atoms with Gasteiger partial charge in [-0.05, 0) is 19.1 Å². The van der Waals surface area contributed by atoms with Crippen molar-refractivity contribution in [3.8, 4) is 23.3 Å². The molecule has 1 aromatic carbocycles. The number of hydrogen-bond acceptors (Lipinski definition) is 5. The Labute approximate surface area is 175 Å². The van der Waals surface area contributed by atoms with Crippen LogP contribution in [0.15, 0.2) is 34.7 Å². The van der Waals surface area contributed by atoms with Crippen molar-refractivity contribution >= 4 is 17.7 Å². The summed E-state index contributed by atoms with van der Waals surface area (Å²) in [5.41, 5.74) is 1.84. The fraction of sp³-hybridized carbons (Fsp3) is 0.333. The molecule has 0 unspecified atom stereocenters. The Hall–Kier alpha value is -1.23. The third-order valence-electron chi connectivity index (χ3n) is 3.10. The van der Waals surface area contributed by atoms with Crippen LogP contribution in [0, 0.1) is 18.8 Å². The minimum absolute atomic E-state index is 0. The summed E-state index contributed by atoms with van der Waals surface area (Å²) in [5, 5.41) is 8.48. The van der Waals surface area contributed by atoms with Crippen molar-refractivity contribution in [3.63, 3.8) is 0 Å². The second-order valence-corrected chi connectivity index (χ2v) is 5.92. The van der Waals surface area contributed by atoms with Gasteiger partial charge in [0.1, 0.15) is 12.4 Å². The first-order chi connectivity index (χ1) is 11.7. The molecule has 7 heteroatoms. The molecule has 128 valence electrons. The van der Waals surface area contributed by atoms with E-state index < -0.39 is 5.97 Å². The van der Waals surface area contributed by atoms with Crippen LogP contribution in [-0.4, -0.2) is 40.8 Å². The van der Waals surface area contributed by atoms with Gasteiger partial charge in [-0.25, -0.2) is 4.98 Å². The monoisotopic (exact) mass is 369 g/mol. The van der Waals surface area contributed by atoms with Gasteiger partial charge in [-0.3, -0.25) is 4.79 Å². The number of hydrogen-bond donors (Lipinski definition) is 1. The Kier molecular flexibility index (Phi) is 10.6. The predicted octanol–water partition coefficient (Wildman–Crippen LogP) is 0.147. The zero-order valence-electron chi connectivity index (χ0n) is 15.4. The van der Waals surface area contributed by atoms with Crippen LogP contribution < -0.4 is 29.6 Å². The van der Waals surface area contributed by atoms with Gasteiger partial charge in [-0.1, -0.05) is 30.0 Å². The van der Waals surface area contributed by atoms with Gasteiger partial charge in [0.15, 0.2) is 0 Å². The molecule has 0 saturated carbocycles. The van der Waals surface area contributed by atoms with E-state index in [0.29, 0.717) is 31.3 Å². The van der Waals surface area contributed by atoms with Gasteiger partial charge in [-0.2, -0.15) is 0 Å². The first-order valence-electron chi connectivity index (χ1n) is 7.51. The maximum atomic E-state index is 10.3. The van der Waals surface area contributed by atoms with E-state index in [0.717, 1.165) is 17.0 Å². The second kappa shape index (κ2) is 12.2. The summed E-state index contributed by atoms with van der Waals surface area (Å²) in [6.45, 7) is 2.74. The molecule has 25 heavy (non-hydrogen) atoms. The van der Waals surface area contributed by atoms with Gasteiger partial charge >= 0.3 is 35.5 Å². The third-order valence-corrected chi connectivity index (χ3v) is 3.90. The van der Waals surface area contributed by atoms with Crippen LogP contribution in [0.1, 0.15) is 12.9 Å². The zero-order chi connectivity index (χ0) is 17.2. The molecule has 0 aliphatic carbocycles. The van der Waals surface area contributed by atoms with Crippen LogP contribution in [0.5, 0.6) is 0 Å². The molecule has 0 bridgehead atoms. The first-order valence-corrected chi connectivity index (χ1v) is 8.67. The number of aryl methyl sites for hydroxylation is 1. The molecule has 0 fully saturated rings. The fourth-order valence-corrected chi connectivity index (χ4v) is 2.43. The van der Waals surface area contributed by atoms with Crippen LogP contribution in [0.2, 0.25) is 0 Å². The Morgan fingerprint density at radius 2 is 2.12 bits per heavy atom. The van der Waals surface area contributed by atoms with Gasteiger partial charge in [0, 0.05) is 12.0 Å². The Balaban J connectivity index is 0.00000312. The molecule has 2 aromatic rings. The summed E-state index contributed by atoms with van der Waals surface area (Å²) in [7, 11) is 0. The molecule has 0 saturated heterocycles. The van der Waals surface area contributed by atoms with E-state index in [1.807, 2.05) is 37.3 Å². The summed E-state index contributed by atoms with van der Waals surface area (Å²) >= 11 is 1.27. The molecule has 1 aromatic heterocycles. The maximum Gasteiger partial charge on any atom is 1.00 e. The molecule has 0 spiro atoms. The predicted molar refractivity (Wildman–Crippen MR) is 95.0 cm³/mol. The minimum Gasteiger partial charge on any atom is -1.00 e. The van der Waals surface area contributed by atoms with Crippen molar-refractivity contribution in [2.24, 2.45) is 0 Å². The van der Waals surface area contributed by atoms with E-state index >= 15 is 0 Å². The van der Waals surface area contributed by atoms with Gasteiger partial charge in [0.05, 0.1) is 23.8 Å². The van der Waals surface area contributed by atoms with Crippen LogP contribution in [0.3, 0.4) is 0 Å². The van der Waals surface area contributed by atoms with E-state index in [9.17, 15) is 4.79 Å². The maximum absolute atomic E-state index is 10.3. The molecular formula is C18H20NNaO4S. The first kappa shape index (κ1) is 21.8. The van der Waals surface area contributed by atoms with E-state index in [2.05, 4.69) is 16.8 Å². The molecule has 0 radical (unpaired) electrons. The largest absolute Gasteiger partial charge is 1.00 e. The molecule has 1 N–H and O–H groups in total. The average molecular weight is 369 g/mol. The number of carboxylic acids is 1. The Morgan fingerprint density at radius 3 is 2.84 bits per heavy atom. The minimum atomic E-state index is -0.823. The van der Waals surface area contributed by atoms with Gasteiger partial charge < -0.3 is 15.7 Å². The summed E-state index contributed by atoms with van der Waals surface area (Å²) < 4.78 is 11.2. The molecule has 0 aliphatic rings.